The van der Waals surface area contributed by atoms with Crippen molar-refractivity contribution in [2.24, 2.45) is 5.84 Å². The Kier molecular flexibility index (Phi) is 3.82. The lowest BCUT2D eigenvalue weighted by Gasteiger charge is -2.18. The third-order valence-corrected chi connectivity index (χ3v) is 2.82. The maximum atomic E-state index is 14.0. The first-order valence-corrected chi connectivity index (χ1v) is 5.56. The molecule has 1 atom stereocenters. The Morgan fingerprint density at radius 3 is 2.47 bits per heavy atom. The van der Waals surface area contributed by atoms with Crippen LogP contribution in [0.15, 0.2) is 30.5 Å². The van der Waals surface area contributed by atoms with Gasteiger partial charge in [-0.15, -0.1) is 0 Å². The molecule has 0 fully saturated rings. The van der Waals surface area contributed by atoms with Crippen LogP contribution in [-0.2, 0) is 0 Å². The third-order valence-electron chi connectivity index (χ3n) is 2.82. The molecule has 3 N–H and O–H groups in total. The zero-order chi connectivity index (χ0) is 14.0. The first kappa shape index (κ1) is 13.5. The standard InChI is InChI=1S/C13H12F3N3/c1-7-2-4-9(15)11(12(7)16)13(19-17)10-5-3-8(14)6-18-10/h2-6,13,19H,17H2,1H3. The Bertz CT molecular complexity index is 584. The summed E-state index contributed by atoms with van der Waals surface area (Å²) in [6.45, 7) is 1.52. The highest BCUT2D eigenvalue weighted by Crippen LogP contribution is 2.27. The van der Waals surface area contributed by atoms with Gasteiger partial charge < -0.3 is 0 Å². The smallest absolute Gasteiger partial charge is 0.141 e. The summed E-state index contributed by atoms with van der Waals surface area (Å²) in [5.74, 6) is 3.37. The van der Waals surface area contributed by atoms with E-state index in [1.54, 1.807) is 0 Å². The van der Waals surface area contributed by atoms with Gasteiger partial charge in [-0.2, -0.15) is 0 Å². The highest BCUT2D eigenvalue weighted by molar-refractivity contribution is 5.34. The van der Waals surface area contributed by atoms with Gasteiger partial charge in [0, 0.05) is 5.56 Å². The number of halogens is 3. The molecule has 2 rings (SSSR count). The number of hydrogen-bond acceptors (Lipinski definition) is 3. The number of rotatable bonds is 3. The molecule has 0 radical (unpaired) electrons. The molecule has 19 heavy (non-hydrogen) atoms. The lowest BCUT2D eigenvalue weighted by atomic mass is 10.00. The first-order valence-electron chi connectivity index (χ1n) is 5.56. The highest BCUT2D eigenvalue weighted by Gasteiger charge is 2.23. The van der Waals surface area contributed by atoms with Gasteiger partial charge in [0.05, 0.1) is 17.9 Å². The topological polar surface area (TPSA) is 50.9 Å². The van der Waals surface area contributed by atoms with Crippen molar-refractivity contribution < 1.29 is 13.2 Å². The van der Waals surface area contributed by atoms with Crippen molar-refractivity contribution in [1.82, 2.24) is 10.4 Å². The minimum atomic E-state index is -0.986. The Morgan fingerprint density at radius 2 is 1.89 bits per heavy atom. The largest absolute Gasteiger partial charge is 0.271 e. The van der Waals surface area contributed by atoms with E-state index in [9.17, 15) is 13.2 Å². The van der Waals surface area contributed by atoms with E-state index in [-0.39, 0.29) is 11.3 Å². The average Bonchev–Trinajstić information content (AvgIpc) is 2.40. The summed E-state index contributed by atoms with van der Waals surface area (Å²) in [6.07, 6.45) is 0.964. The zero-order valence-electron chi connectivity index (χ0n) is 10.1. The average molecular weight is 267 g/mol. The maximum Gasteiger partial charge on any atom is 0.141 e. The normalized spacial score (nSPS) is 12.5. The Balaban J connectivity index is 2.54. The summed E-state index contributed by atoms with van der Waals surface area (Å²) in [7, 11) is 0. The fraction of sp³-hybridized carbons (Fsp3) is 0.154. The van der Waals surface area contributed by atoms with E-state index in [2.05, 4.69) is 10.4 Å². The van der Waals surface area contributed by atoms with Crippen LogP contribution < -0.4 is 11.3 Å². The third kappa shape index (κ3) is 2.59. The van der Waals surface area contributed by atoms with Crippen molar-refractivity contribution in [2.45, 2.75) is 13.0 Å². The quantitative estimate of drug-likeness (QED) is 0.663. The Morgan fingerprint density at radius 1 is 1.16 bits per heavy atom. The summed E-state index contributed by atoms with van der Waals surface area (Å²) in [5, 5.41) is 0. The summed E-state index contributed by atoms with van der Waals surface area (Å²) >= 11 is 0. The van der Waals surface area contributed by atoms with Crippen molar-refractivity contribution in [3.8, 4) is 0 Å². The number of nitrogens with one attached hydrogen (secondary N) is 1. The van der Waals surface area contributed by atoms with Crippen LogP contribution in [0.3, 0.4) is 0 Å². The van der Waals surface area contributed by atoms with Crippen LogP contribution >= 0.6 is 0 Å². The van der Waals surface area contributed by atoms with Gasteiger partial charge in [-0.3, -0.25) is 10.8 Å². The molecule has 3 nitrogen and oxygen atoms in total. The molecule has 100 valence electrons. The molecule has 6 heteroatoms. The van der Waals surface area contributed by atoms with E-state index in [0.29, 0.717) is 5.56 Å². The van der Waals surface area contributed by atoms with E-state index in [1.165, 1.54) is 19.1 Å². The number of aryl methyl sites for hydroxylation is 1. The monoisotopic (exact) mass is 267 g/mol. The minimum absolute atomic E-state index is 0.229. The van der Waals surface area contributed by atoms with Gasteiger partial charge in [-0.25, -0.2) is 18.6 Å². The number of hydrogen-bond donors (Lipinski definition) is 2. The van der Waals surface area contributed by atoms with Crippen molar-refractivity contribution >= 4 is 0 Å². The predicted molar refractivity (Wildman–Crippen MR) is 64.5 cm³/mol. The first-order chi connectivity index (χ1) is 9.04. The van der Waals surface area contributed by atoms with Crippen molar-refractivity contribution in [3.05, 3.63) is 64.7 Å². The van der Waals surface area contributed by atoms with Gasteiger partial charge in [-0.05, 0) is 30.7 Å². The highest BCUT2D eigenvalue weighted by atomic mass is 19.1. The Hall–Kier alpha value is -1.92. The Labute approximate surface area is 108 Å². The number of hydrazine groups is 1. The molecule has 1 unspecified atom stereocenters. The van der Waals surface area contributed by atoms with E-state index < -0.39 is 23.5 Å². The molecular weight excluding hydrogens is 255 g/mol. The van der Waals surface area contributed by atoms with Gasteiger partial charge in [0.1, 0.15) is 17.5 Å². The number of aromatic nitrogens is 1. The molecule has 0 saturated heterocycles. The molecule has 0 aliphatic rings. The van der Waals surface area contributed by atoms with Crippen LogP contribution in [0.4, 0.5) is 13.2 Å². The number of nitrogens with two attached hydrogens (primary N) is 1. The van der Waals surface area contributed by atoms with Gasteiger partial charge >= 0.3 is 0 Å². The zero-order valence-corrected chi connectivity index (χ0v) is 10.1. The molecule has 0 saturated carbocycles. The van der Waals surface area contributed by atoms with Crippen LogP contribution in [0.1, 0.15) is 22.9 Å². The van der Waals surface area contributed by atoms with Crippen LogP contribution in [0.2, 0.25) is 0 Å². The fourth-order valence-corrected chi connectivity index (χ4v) is 1.82. The van der Waals surface area contributed by atoms with Crippen molar-refractivity contribution in [1.29, 1.82) is 0 Å². The summed E-state index contributed by atoms with van der Waals surface area (Å²) in [4.78, 5) is 3.79. The van der Waals surface area contributed by atoms with E-state index >= 15 is 0 Å². The van der Waals surface area contributed by atoms with Gasteiger partial charge in [0.2, 0.25) is 0 Å². The van der Waals surface area contributed by atoms with Crippen LogP contribution in [0.5, 0.6) is 0 Å². The lowest BCUT2D eigenvalue weighted by Crippen LogP contribution is -2.31. The number of pyridine rings is 1. The molecular formula is C13H12F3N3. The summed E-state index contributed by atoms with van der Waals surface area (Å²) < 4.78 is 40.6. The van der Waals surface area contributed by atoms with Gasteiger partial charge in [-0.1, -0.05) is 6.07 Å². The van der Waals surface area contributed by atoms with Gasteiger partial charge in [0.15, 0.2) is 0 Å². The molecule has 1 aromatic carbocycles. The minimum Gasteiger partial charge on any atom is -0.271 e. The molecule has 0 spiro atoms. The number of nitrogens with zero attached hydrogens (tertiary/aromatic N) is 1. The SMILES string of the molecule is Cc1ccc(F)c(C(NN)c2ccc(F)cn2)c1F. The number of benzene rings is 1. The molecule has 0 bridgehead atoms. The van der Waals surface area contributed by atoms with E-state index in [0.717, 1.165) is 18.3 Å². The second kappa shape index (κ2) is 5.38. The maximum absolute atomic E-state index is 14.0. The fourth-order valence-electron chi connectivity index (χ4n) is 1.82. The van der Waals surface area contributed by atoms with Gasteiger partial charge in [0.25, 0.3) is 0 Å². The summed E-state index contributed by atoms with van der Waals surface area (Å²) in [6, 6.07) is 3.97. The summed E-state index contributed by atoms with van der Waals surface area (Å²) in [5.41, 5.74) is 2.58. The molecule has 0 aliphatic carbocycles. The molecule has 1 heterocycles. The van der Waals surface area contributed by atoms with Crippen LogP contribution in [-0.4, -0.2) is 4.98 Å². The second-order valence-electron chi connectivity index (χ2n) is 4.09. The van der Waals surface area contributed by atoms with Crippen molar-refractivity contribution in [3.63, 3.8) is 0 Å². The van der Waals surface area contributed by atoms with Crippen molar-refractivity contribution in [2.75, 3.05) is 0 Å². The molecule has 1 aromatic heterocycles. The molecule has 0 aliphatic heterocycles. The molecule has 0 amide bonds. The van der Waals surface area contributed by atoms with E-state index in [4.69, 9.17) is 5.84 Å². The predicted octanol–water partition coefficient (Wildman–Crippen LogP) is 2.36. The van der Waals surface area contributed by atoms with Crippen LogP contribution in [0.25, 0.3) is 0 Å². The second-order valence-corrected chi connectivity index (χ2v) is 4.09. The molecule has 2 aromatic rings. The lowest BCUT2D eigenvalue weighted by molar-refractivity contribution is 0.500. The van der Waals surface area contributed by atoms with E-state index in [1.807, 2.05) is 0 Å². The van der Waals surface area contributed by atoms with Crippen LogP contribution in [0, 0.1) is 24.4 Å².